The van der Waals surface area contributed by atoms with Gasteiger partial charge in [-0.3, -0.25) is 43.3 Å². The molecule has 0 aromatic carbocycles. The van der Waals surface area contributed by atoms with E-state index in [1.807, 2.05) is 13.8 Å². The molecule has 0 aromatic heterocycles. The van der Waals surface area contributed by atoms with Gasteiger partial charge < -0.3 is 16.0 Å². The Bertz CT molecular complexity index is 1010. The summed E-state index contributed by atoms with van der Waals surface area (Å²) in [6.07, 6.45) is -3.22. The third kappa shape index (κ3) is 15.5. The van der Waals surface area contributed by atoms with Crippen molar-refractivity contribution in [3.63, 3.8) is 0 Å². The van der Waals surface area contributed by atoms with Gasteiger partial charge in [0.2, 0.25) is 5.91 Å². The number of rotatable bonds is 18. The highest BCUT2D eigenvalue weighted by molar-refractivity contribution is 5.90. The van der Waals surface area contributed by atoms with Crippen LogP contribution in [0.2, 0.25) is 0 Å². The van der Waals surface area contributed by atoms with Crippen molar-refractivity contribution in [2.75, 3.05) is 6.54 Å². The van der Waals surface area contributed by atoms with Crippen LogP contribution in [0.5, 0.6) is 0 Å². The Morgan fingerprint density at radius 3 is 1.16 bits per heavy atom. The standard InChI is InChI=1S/C30H56N6O9/c1-15(2)14-31-26(39)21(16(3)4)43-34-24(37)19(9)32-27(40)22(17(5)6)44-35-25(38)20(10)33-28(41)23(18(7)8)45-36-29(42)30(11,12)13/h15-23H,14H2,1-13H3,(H,31,39)(H,32,40)(H,33,41)(H,34,37)(H,35,38)(H,36,42)/t19-,20-,21+,22+,23+/m1/s1. The van der Waals surface area contributed by atoms with Gasteiger partial charge in [0.25, 0.3) is 29.5 Å². The lowest BCUT2D eigenvalue weighted by Crippen LogP contribution is -2.54. The molecule has 0 unspecified atom stereocenters. The zero-order chi connectivity index (χ0) is 35.2. The summed E-state index contributed by atoms with van der Waals surface area (Å²) in [6.45, 7) is 22.6. The maximum absolute atomic E-state index is 12.9. The van der Waals surface area contributed by atoms with E-state index in [4.69, 9.17) is 14.5 Å². The Balaban J connectivity index is 5.09. The zero-order valence-corrected chi connectivity index (χ0v) is 29.1. The Morgan fingerprint density at radius 2 is 0.844 bits per heavy atom. The fourth-order valence-corrected chi connectivity index (χ4v) is 3.29. The third-order valence-electron chi connectivity index (χ3n) is 6.31. The maximum Gasteiger partial charge on any atom is 0.265 e. The number of nitrogens with one attached hydrogen (secondary N) is 6. The van der Waals surface area contributed by atoms with Crippen molar-refractivity contribution in [2.24, 2.45) is 29.1 Å². The van der Waals surface area contributed by atoms with Crippen LogP contribution in [0, 0.1) is 29.1 Å². The van der Waals surface area contributed by atoms with Gasteiger partial charge in [-0.1, -0.05) is 76.2 Å². The minimum atomic E-state index is -1.20. The molecule has 6 amide bonds. The van der Waals surface area contributed by atoms with E-state index in [9.17, 15) is 28.8 Å². The number of amides is 6. The van der Waals surface area contributed by atoms with Crippen molar-refractivity contribution in [2.45, 2.75) is 120 Å². The number of hydrogen-bond donors (Lipinski definition) is 6. The molecule has 0 saturated carbocycles. The molecule has 0 radical (unpaired) electrons. The molecule has 0 spiro atoms. The van der Waals surface area contributed by atoms with Crippen LogP contribution in [0.4, 0.5) is 0 Å². The van der Waals surface area contributed by atoms with Crippen molar-refractivity contribution in [3.8, 4) is 0 Å². The monoisotopic (exact) mass is 644 g/mol. The molecule has 6 N–H and O–H groups in total. The van der Waals surface area contributed by atoms with Crippen LogP contribution in [0.3, 0.4) is 0 Å². The molecule has 0 rings (SSSR count). The van der Waals surface area contributed by atoms with Crippen molar-refractivity contribution in [1.82, 2.24) is 32.4 Å². The smallest absolute Gasteiger partial charge is 0.265 e. The van der Waals surface area contributed by atoms with Gasteiger partial charge in [-0.05, 0) is 37.5 Å². The molecule has 0 aliphatic carbocycles. The second-order valence-electron chi connectivity index (χ2n) is 13.6. The highest BCUT2D eigenvalue weighted by Gasteiger charge is 2.32. The SMILES string of the molecule is CC(C)CNC(=O)[C@@H](ONC(=O)[C@@H](C)NC(=O)[C@@H](ONC(=O)[C@@H](C)NC(=O)[C@@H](ONC(=O)C(C)(C)C)C(C)C)C(C)C)C(C)C. The summed E-state index contributed by atoms with van der Waals surface area (Å²) in [5.74, 6) is -4.34. The molecular formula is C30H56N6O9. The number of carbonyl (C=O) groups is 6. The third-order valence-corrected chi connectivity index (χ3v) is 6.31. The minimum absolute atomic E-state index is 0.236. The van der Waals surface area contributed by atoms with Gasteiger partial charge in [0.15, 0.2) is 18.3 Å². The molecule has 260 valence electrons. The second-order valence-corrected chi connectivity index (χ2v) is 13.6. The molecule has 0 saturated heterocycles. The summed E-state index contributed by atoms with van der Waals surface area (Å²) in [7, 11) is 0. The van der Waals surface area contributed by atoms with Gasteiger partial charge in [-0.2, -0.15) is 0 Å². The first-order chi connectivity index (χ1) is 20.6. The van der Waals surface area contributed by atoms with Gasteiger partial charge >= 0.3 is 0 Å². The van der Waals surface area contributed by atoms with E-state index >= 15 is 0 Å². The van der Waals surface area contributed by atoms with E-state index in [1.165, 1.54) is 13.8 Å². The Labute approximate surface area is 267 Å². The Morgan fingerprint density at radius 1 is 0.511 bits per heavy atom. The summed E-state index contributed by atoms with van der Waals surface area (Å²) in [5.41, 5.74) is 5.96. The fraction of sp³-hybridized carbons (Fsp3) is 0.800. The van der Waals surface area contributed by atoms with E-state index < -0.39 is 71.3 Å². The van der Waals surface area contributed by atoms with Crippen LogP contribution < -0.4 is 32.4 Å². The Hall–Kier alpha value is -3.30. The van der Waals surface area contributed by atoms with Crippen molar-refractivity contribution < 1.29 is 43.3 Å². The number of hydrogen-bond acceptors (Lipinski definition) is 9. The van der Waals surface area contributed by atoms with Crippen LogP contribution in [0.25, 0.3) is 0 Å². The van der Waals surface area contributed by atoms with E-state index in [0.29, 0.717) is 6.54 Å². The summed E-state index contributed by atoms with van der Waals surface area (Å²) in [5, 5.41) is 7.76. The molecule has 0 bridgehead atoms. The van der Waals surface area contributed by atoms with Gasteiger partial charge in [0.1, 0.15) is 12.1 Å². The first-order valence-electron chi connectivity index (χ1n) is 15.4. The van der Waals surface area contributed by atoms with Crippen molar-refractivity contribution in [1.29, 1.82) is 0 Å². The molecule has 45 heavy (non-hydrogen) atoms. The van der Waals surface area contributed by atoms with E-state index in [0.717, 1.165) is 0 Å². The minimum Gasteiger partial charge on any atom is -0.353 e. The highest BCUT2D eigenvalue weighted by atomic mass is 16.7. The van der Waals surface area contributed by atoms with Gasteiger partial charge in [-0.15, -0.1) is 0 Å². The van der Waals surface area contributed by atoms with Crippen LogP contribution >= 0.6 is 0 Å². The number of hydroxylamine groups is 3. The number of carbonyl (C=O) groups excluding carboxylic acids is 6. The molecule has 0 aliphatic heterocycles. The average molecular weight is 645 g/mol. The molecule has 5 atom stereocenters. The van der Waals surface area contributed by atoms with Crippen molar-refractivity contribution in [3.05, 3.63) is 0 Å². The zero-order valence-electron chi connectivity index (χ0n) is 29.1. The average Bonchev–Trinajstić information content (AvgIpc) is 2.90. The fourth-order valence-electron chi connectivity index (χ4n) is 3.29. The van der Waals surface area contributed by atoms with Gasteiger partial charge in [0.05, 0.1) is 0 Å². The van der Waals surface area contributed by atoms with Crippen LogP contribution in [0.1, 0.15) is 90.0 Å². The molecule has 0 heterocycles. The summed E-state index contributed by atoms with van der Waals surface area (Å²) in [6, 6.07) is -2.17. The summed E-state index contributed by atoms with van der Waals surface area (Å²) >= 11 is 0. The van der Waals surface area contributed by atoms with Crippen LogP contribution in [-0.4, -0.2) is 72.4 Å². The lowest BCUT2D eigenvalue weighted by Gasteiger charge is -2.26. The van der Waals surface area contributed by atoms with Gasteiger partial charge in [-0.25, -0.2) is 16.4 Å². The normalized spacial score (nSPS) is 15.1. The Kier molecular flexibility index (Phi) is 17.9. The van der Waals surface area contributed by atoms with Crippen LogP contribution in [-0.2, 0) is 43.3 Å². The predicted octanol–water partition coefficient (Wildman–Crippen LogP) is 1.03. The van der Waals surface area contributed by atoms with Gasteiger partial charge in [0, 0.05) is 12.0 Å². The molecule has 15 nitrogen and oxygen atoms in total. The molecule has 0 fully saturated rings. The topological polar surface area (TPSA) is 202 Å². The summed E-state index contributed by atoms with van der Waals surface area (Å²) < 4.78 is 0. The van der Waals surface area contributed by atoms with E-state index in [-0.39, 0.29) is 23.7 Å². The summed E-state index contributed by atoms with van der Waals surface area (Å²) in [4.78, 5) is 91.7. The lowest BCUT2D eigenvalue weighted by molar-refractivity contribution is -0.160. The molecule has 0 aromatic rings. The van der Waals surface area contributed by atoms with E-state index in [2.05, 4.69) is 32.4 Å². The second kappa shape index (κ2) is 19.3. The van der Waals surface area contributed by atoms with Crippen molar-refractivity contribution >= 4 is 35.4 Å². The highest BCUT2D eigenvalue weighted by Crippen LogP contribution is 2.14. The first kappa shape index (κ1) is 41.7. The molecular weight excluding hydrogens is 588 g/mol. The predicted molar refractivity (Wildman–Crippen MR) is 166 cm³/mol. The largest absolute Gasteiger partial charge is 0.353 e. The molecule has 15 heteroatoms. The molecule has 0 aliphatic rings. The first-order valence-corrected chi connectivity index (χ1v) is 15.4. The van der Waals surface area contributed by atoms with Crippen LogP contribution in [0.15, 0.2) is 0 Å². The quantitative estimate of drug-likeness (QED) is 0.118. The lowest BCUT2D eigenvalue weighted by atomic mass is 9.96. The maximum atomic E-state index is 12.9. The van der Waals surface area contributed by atoms with E-state index in [1.54, 1.807) is 62.3 Å².